The molecule has 43 heavy (non-hydrogen) atoms. The van der Waals surface area contributed by atoms with Crippen molar-refractivity contribution in [2.24, 2.45) is 5.73 Å². The number of allylic oxidation sites excluding steroid dienone is 4. The predicted octanol–water partition coefficient (Wildman–Crippen LogP) is 12.1. The molecular weight excluding hydrogens is 528 g/mol. The summed E-state index contributed by atoms with van der Waals surface area (Å²) in [5, 5.41) is 9.71. The van der Waals surface area contributed by atoms with Crippen LogP contribution < -0.4 is 5.73 Å². The van der Waals surface area contributed by atoms with Crippen molar-refractivity contribution in [1.82, 2.24) is 5.06 Å². The number of hydrogen-bond donors (Lipinski definition) is 2. The number of hydroxylamine groups is 2. The van der Waals surface area contributed by atoms with Gasteiger partial charge in [0.1, 0.15) is 6.04 Å². The van der Waals surface area contributed by atoms with Gasteiger partial charge in [-0.25, -0.2) is 4.79 Å². The van der Waals surface area contributed by atoms with E-state index in [1.165, 1.54) is 148 Å². The van der Waals surface area contributed by atoms with Crippen LogP contribution in [-0.2, 0) is 0 Å². The lowest BCUT2D eigenvalue weighted by Gasteiger charge is -2.14. The maximum absolute atomic E-state index is 10.7. The van der Waals surface area contributed by atoms with Crippen LogP contribution >= 0.6 is 0 Å². The third kappa shape index (κ3) is 37.8. The zero-order chi connectivity index (χ0) is 32.1. The minimum Gasteiger partial charge on any atom is -0.350 e. The van der Waals surface area contributed by atoms with Crippen molar-refractivity contribution in [1.29, 1.82) is 0 Å². The van der Waals surface area contributed by atoms with E-state index in [4.69, 9.17) is 12.2 Å². The van der Waals surface area contributed by atoms with Gasteiger partial charge in [-0.2, -0.15) is 5.06 Å². The van der Waals surface area contributed by atoms with E-state index in [9.17, 15) is 10.0 Å². The molecule has 0 radical (unpaired) electrons. The first-order valence-electron chi connectivity index (χ1n) is 18.0. The first-order valence-corrected chi connectivity index (χ1v) is 18.0. The molecule has 0 aliphatic heterocycles. The first kappa shape index (κ1) is 43.0. The molecule has 0 aromatic carbocycles. The average Bonchev–Trinajstić information content (AvgIpc) is 3.00. The minimum atomic E-state index is -0.881. The van der Waals surface area contributed by atoms with E-state index in [1.54, 1.807) is 6.92 Å². The summed E-state index contributed by atoms with van der Waals surface area (Å²) in [7, 11) is 0. The van der Waals surface area contributed by atoms with E-state index in [2.05, 4.69) is 43.8 Å². The third-order valence-corrected chi connectivity index (χ3v) is 7.70. The van der Waals surface area contributed by atoms with Gasteiger partial charge in [0.15, 0.2) is 0 Å². The Morgan fingerprint density at radius 1 is 0.674 bits per heavy atom. The molecule has 0 aromatic rings. The van der Waals surface area contributed by atoms with Crippen LogP contribution in [-0.4, -0.2) is 22.3 Å². The van der Waals surface area contributed by atoms with Crippen molar-refractivity contribution in [3.63, 3.8) is 0 Å². The van der Waals surface area contributed by atoms with Crippen molar-refractivity contribution in [3.05, 3.63) is 24.3 Å². The lowest BCUT2D eigenvalue weighted by Crippen LogP contribution is -2.38. The third-order valence-electron chi connectivity index (χ3n) is 7.70. The zero-order valence-electron chi connectivity index (χ0n) is 28.7. The summed E-state index contributed by atoms with van der Waals surface area (Å²) in [6.07, 6.45) is 48.2. The number of nitrogens with two attached hydrogens (primary N) is 1. The van der Waals surface area contributed by atoms with E-state index in [0.717, 1.165) is 12.8 Å². The molecule has 2 amide bonds. The Morgan fingerprint density at radius 2 is 1.05 bits per heavy atom. The van der Waals surface area contributed by atoms with E-state index < -0.39 is 12.1 Å². The number of urea groups is 1. The van der Waals surface area contributed by atoms with E-state index in [1.807, 2.05) is 12.2 Å². The second-order valence-electron chi connectivity index (χ2n) is 11.9. The number of nitrogens with zero attached hydrogens (tertiary/aromatic N) is 1. The molecule has 0 heterocycles. The van der Waals surface area contributed by atoms with Crippen LogP contribution in [0.15, 0.2) is 24.3 Å². The molecule has 3 N–H and O–H groups in total. The van der Waals surface area contributed by atoms with Gasteiger partial charge in [0.05, 0.1) is 0 Å². The minimum absolute atomic E-state index is 0.446. The number of carbonyl (C=O) groups excluding carboxylic acids is 1. The molecule has 0 saturated heterocycles. The van der Waals surface area contributed by atoms with Crippen LogP contribution in [0.5, 0.6) is 0 Å². The summed E-state index contributed by atoms with van der Waals surface area (Å²) in [5.41, 5.74) is 4.95. The SMILES string of the molecule is C#CC=CCCCCCCCCCCCCCC.CCCCCCCCCCCCCC=CCC#CC(C)N(O)C(N)=O. The fourth-order valence-corrected chi connectivity index (χ4v) is 4.90. The van der Waals surface area contributed by atoms with Gasteiger partial charge in [-0.05, 0) is 38.7 Å². The predicted molar refractivity (Wildman–Crippen MR) is 189 cm³/mol. The van der Waals surface area contributed by atoms with Crippen molar-refractivity contribution in [3.8, 4) is 24.2 Å². The van der Waals surface area contributed by atoms with E-state index in [0.29, 0.717) is 11.5 Å². The maximum Gasteiger partial charge on any atom is 0.339 e. The molecule has 4 nitrogen and oxygen atoms in total. The number of hydrogen-bond acceptors (Lipinski definition) is 2. The molecular formula is C39H70N2O2. The van der Waals surface area contributed by atoms with Crippen LogP contribution in [0.4, 0.5) is 4.79 Å². The fourth-order valence-electron chi connectivity index (χ4n) is 4.90. The highest BCUT2D eigenvalue weighted by Crippen LogP contribution is 2.13. The van der Waals surface area contributed by atoms with Gasteiger partial charge in [-0.1, -0.05) is 185 Å². The van der Waals surface area contributed by atoms with Gasteiger partial charge in [0, 0.05) is 6.42 Å². The molecule has 0 fully saturated rings. The molecule has 0 rings (SSSR count). The Hall–Kier alpha value is -2.17. The van der Waals surface area contributed by atoms with Crippen LogP contribution in [0.1, 0.15) is 188 Å². The molecule has 0 aliphatic rings. The average molecular weight is 599 g/mol. The van der Waals surface area contributed by atoms with E-state index >= 15 is 0 Å². The molecule has 0 aromatic heterocycles. The summed E-state index contributed by atoms with van der Waals surface area (Å²) < 4.78 is 0. The smallest absolute Gasteiger partial charge is 0.339 e. The molecule has 1 atom stereocenters. The normalized spacial score (nSPS) is 11.5. The van der Waals surface area contributed by atoms with Crippen LogP contribution in [0.3, 0.4) is 0 Å². The van der Waals surface area contributed by atoms with Crippen molar-refractivity contribution < 1.29 is 10.0 Å². The summed E-state index contributed by atoms with van der Waals surface area (Å²) >= 11 is 0. The summed E-state index contributed by atoms with van der Waals surface area (Å²) in [6, 6.07) is -1.45. The van der Waals surface area contributed by atoms with E-state index in [-0.39, 0.29) is 0 Å². The second-order valence-corrected chi connectivity index (χ2v) is 11.9. The maximum atomic E-state index is 10.7. The Kier molecular flexibility index (Phi) is 37.8. The summed E-state index contributed by atoms with van der Waals surface area (Å²) in [6.45, 7) is 6.17. The molecule has 248 valence electrons. The lowest BCUT2D eigenvalue weighted by molar-refractivity contribution is -0.0536. The molecule has 0 spiro atoms. The van der Waals surface area contributed by atoms with Crippen LogP contribution in [0.2, 0.25) is 0 Å². The standard InChI is InChI=1S/C21H38N2O2.C18H32/c1-3-4-5-6-7-8-9-10-11-12-13-14-15-16-17-18-19-20(2)23(25)21(22)24;1-3-5-7-9-11-13-15-17-18-16-14-12-10-8-6-4-2/h15-16,20,25H,3-14,17H2,1-2H3,(H2,22,24);1,5,7H,4,6,8-18H2,2H3. The molecule has 1 unspecified atom stereocenters. The van der Waals surface area contributed by atoms with Gasteiger partial charge in [0.2, 0.25) is 0 Å². The quantitative estimate of drug-likeness (QED) is 0.0325. The molecule has 0 bridgehead atoms. The first-order chi connectivity index (χ1) is 21.0. The van der Waals surface area contributed by atoms with Gasteiger partial charge in [-0.3, -0.25) is 5.21 Å². The molecule has 4 heteroatoms. The van der Waals surface area contributed by atoms with Crippen LogP contribution in [0.25, 0.3) is 0 Å². The van der Waals surface area contributed by atoms with Crippen molar-refractivity contribution in [2.45, 2.75) is 194 Å². The number of rotatable bonds is 27. The summed E-state index contributed by atoms with van der Waals surface area (Å²) in [4.78, 5) is 10.7. The number of amides is 2. The van der Waals surface area contributed by atoms with Gasteiger partial charge in [-0.15, -0.1) is 6.42 Å². The zero-order valence-corrected chi connectivity index (χ0v) is 28.7. The Labute approximate surface area is 268 Å². The second kappa shape index (κ2) is 37.9. The van der Waals surface area contributed by atoms with Gasteiger partial charge in [0.25, 0.3) is 0 Å². The Balaban J connectivity index is 0. The van der Waals surface area contributed by atoms with Crippen LogP contribution in [0, 0.1) is 24.2 Å². The number of primary amides is 1. The topological polar surface area (TPSA) is 66.6 Å². The highest BCUT2D eigenvalue weighted by Gasteiger charge is 2.11. The summed E-state index contributed by atoms with van der Waals surface area (Å²) in [5.74, 6) is 8.23. The largest absolute Gasteiger partial charge is 0.350 e. The van der Waals surface area contributed by atoms with Gasteiger partial charge < -0.3 is 5.73 Å². The number of unbranched alkanes of at least 4 members (excludes halogenated alkanes) is 23. The number of carbonyl (C=O) groups is 1. The Morgan fingerprint density at radius 3 is 1.42 bits per heavy atom. The molecule has 0 aliphatic carbocycles. The Bertz CT molecular complexity index is 741. The number of terminal acetylenes is 1. The lowest BCUT2D eigenvalue weighted by atomic mass is 10.0. The highest BCUT2D eigenvalue weighted by atomic mass is 16.5. The molecule has 0 saturated carbocycles. The fraction of sp³-hybridized carbons (Fsp3) is 0.769. The highest BCUT2D eigenvalue weighted by molar-refractivity contribution is 5.71. The monoisotopic (exact) mass is 599 g/mol. The van der Waals surface area contributed by atoms with Gasteiger partial charge >= 0.3 is 6.03 Å². The van der Waals surface area contributed by atoms with Crippen molar-refractivity contribution in [2.75, 3.05) is 0 Å². The van der Waals surface area contributed by atoms with Crippen molar-refractivity contribution >= 4 is 6.03 Å².